The average Bonchev–Trinajstić information content (AvgIpc) is 3.28. The number of benzene rings is 1. The third-order valence-corrected chi connectivity index (χ3v) is 6.34. The first kappa shape index (κ1) is 20.1. The summed E-state index contributed by atoms with van der Waals surface area (Å²) in [6.07, 6.45) is 7.99. The van der Waals surface area contributed by atoms with Crippen molar-refractivity contribution in [3.63, 3.8) is 0 Å². The number of aromatic nitrogens is 2. The predicted octanol–water partition coefficient (Wildman–Crippen LogP) is 2.64. The van der Waals surface area contributed by atoms with Crippen molar-refractivity contribution in [2.75, 3.05) is 46.3 Å². The van der Waals surface area contributed by atoms with Gasteiger partial charge >= 0.3 is 0 Å². The highest BCUT2D eigenvalue weighted by Gasteiger charge is 2.23. The molecule has 29 heavy (non-hydrogen) atoms. The summed E-state index contributed by atoms with van der Waals surface area (Å²) in [5.74, 6) is 0.993. The minimum Gasteiger partial charge on any atom is -0.340 e. The first-order chi connectivity index (χ1) is 14.2. The molecule has 1 aromatic carbocycles. The lowest BCUT2D eigenvalue weighted by Gasteiger charge is -2.34. The summed E-state index contributed by atoms with van der Waals surface area (Å²) in [6.45, 7) is 7.04. The number of carbonyl (C=O) groups excluding carboxylic acids is 1. The number of rotatable bonds is 6. The van der Waals surface area contributed by atoms with Crippen LogP contribution in [-0.4, -0.2) is 76.7 Å². The van der Waals surface area contributed by atoms with Gasteiger partial charge in [0.05, 0.1) is 5.69 Å². The van der Waals surface area contributed by atoms with Gasteiger partial charge in [-0.05, 0) is 62.5 Å². The number of likely N-dealkylation sites (tertiary alicyclic amines) is 1. The molecule has 0 aliphatic carbocycles. The number of amides is 1. The highest BCUT2D eigenvalue weighted by molar-refractivity contribution is 5.76. The monoisotopic (exact) mass is 395 g/mol. The zero-order valence-corrected chi connectivity index (χ0v) is 17.5. The highest BCUT2D eigenvalue weighted by Crippen LogP contribution is 2.23. The van der Waals surface area contributed by atoms with Crippen LogP contribution >= 0.6 is 0 Å². The van der Waals surface area contributed by atoms with E-state index in [4.69, 9.17) is 0 Å². The van der Waals surface area contributed by atoms with E-state index in [1.165, 1.54) is 18.4 Å². The van der Waals surface area contributed by atoms with E-state index in [1.807, 2.05) is 16.9 Å². The Kier molecular flexibility index (Phi) is 6.62. The molecule has 1 atom stereocenters. The maximum atomic E-state index is 12.5. The van der Waals surface area contributed by atoms with Gasteiger partial charge in [-0.1, -0.05) is 12.1 Å². The van der Waals surface area contributed by atoms with Gasteiger partial charge in [-0.3, -0.25) is 9.69 Å². The molecule has 6 nitrogen and oxygen atoms in total. The van der Waals surface area contributed by atoms with E-state index in [0.29, 0.717) is 18.2 Å². The Morgan fingerprint density at radius 2 is 1.90 bits per heavy atom. The minimum atomic E-state index is 0.351. The highest BCUT2D eigenvalue weighted by atomic mass is 16.2. The Labute approximate surface area is 174 Å². The van der Waals surface area contributed by atoms with Gasteiger partial charge in [-0.2, -0.15) is 5.10 Å². The number of nitrogens with zero attached hydrogens (tertiary/aromatic N) is 5. The molecule has 0 unspecified atom stereocenters. The van der Waals surface area contributed by atoms with E-state index in [1.54, 1.807) is 6.20 Å². The molecular formula is C23H33N5O. The molecule has 0 spiro atoms. The molecule has 2 aliphatic heterocycles. The summed E-state index contributed by atoms with van der Waals surface area (Å²) < 4.78 is 1.89. The van der Waals surface area contributed by atoms with Crippen LogP contribution < -0.4 is 0 Å². The van der Waals surface area contributed by atoms with Crippen molar-refractivity contribution in [3.8, 4) is 5.69 Å². The SMILES string of the molecule is CN1CCN(C(=O)CC[C@@H]2CCCN(Cc3ccc(-n4cccn4)cc3)C2)CC1. The molecule has 2 saturated heterocycles. The Morgan fingerprint density at radius 1 is 1.10 bits per heavy atom. The number of carbonyl (C=O) groups is 1. The summed E-state index contributed by atoms with van der Waals surface area (Å²) in [5, 5.41) is 4.29. The summed E-state index contributed by atoms with van der Waals surface area (Å²) >= 11 is 0. The Balaban J connectivity index is 1.23. The smallest absolute Gasteiger partial charge is 0.222 e. The third-order valence-electron chi connectivity index (χ3n) is 6.34. The zero-order chi connectivity index (χ0) is 20.1. The minimum absolute atomic E-state index is 0.351. The molecule has 6 heteroatoms. The molecule has 2 aliphatic rings. The zero-order valence-electron chi connectivity index (χ0n) is 17.5. The third kappa shape index (κ3) is 5.46. The normalized spacial score (nSPS) is 21.4. The first-order valence-corrected chi connectivity index (χ1v) is 10.9. The molecule has 0 N–H and O–H groups in total. The van der Waals surface area contributed by atoms with E-state index in [9.17, 15) is 4.79 Å². The summed E-state index contributed by atoms with van der Waals surface area (Å²) in [7, 11) is 2.13. The van der Waals surface area contributed by atoms with Crippen molar-refractivity contribution in [1.29, 1.82) is 0 Å². The molecule has 0 bridgehead atoms. The number of hydrogen-bond donors (Lipinski definition) is 0. The quantitative estimate of drug-likeness (QED) is 0.754. The lowest BCUT2D eigenvalue weighted by molar-refractivity contribution is -0.133. The molecule has 1 aromatic heterocycles. The number of hydrogen-bond acceptors (Lipinski definition) is 4. The van der Waals surface area contributed by atoms with Gasteiger partial charge in [0.25, 0.3) is 0 Å². The molecule has 1 amide bonds. The van der Waals surface area contributed by atoms with Crippen LogP contribution in [-0.2, 0) is 11.3 Å². The first-order valence-electron chi connectivity index (χ1n) is 10.9. The van der Waals surface area contributed by atoms with Crippen LogP contribution in [0.15, 0.2) is 42.7 Å². The van der Waals surface area contributed by atoms with Crippen molar-refractivity contribution < 1.29 is 4.79 Å². The summed E-state index contributed by atoms with van der Waals surface area (Å²) in [4.78, 5) is 19.4. The molecular weight excluding hydrogens is 362 g/mol. The Morgan fingerprint density at radius 3 is 2.62 bits per heavy atom. The van der Waals surface area contributed by atoms with Gasteiger partial charge < -0.3 is 9.80 Å². The number of piperazine rings is 1. The van der Waals surface area contributed by atoms with Crippen LogP contribution in [0.2, 0.25) is 0 Å². The topological polar surface area (TPSA) is 44.6 Å². The fourth-order valence-corrected chi connectivity index (χ4v) is 4.51. The van der Waals surface area contributed by atoms with Gasteiger partial charge in [0.15, 0.2) is 0 Å². The predicted molar refractivity (Wildman–Crippen MR) is 115 cm³/mol. The van der Waals surface area contributed by atoms with Crippen LogP contribution in [0.3, 0.4) is 0 Å². The van der Waals surface area contributed by atoms with Crippen molar-refractivity contribution in [2.45, 2.75) is 32.2 Å². The molecule has 2 fully saturated rings. The Hall–Kier alpha value is -2.18. The van der Waals surface area contributed by atoms with Crippen LogP contribution in [0.5, 0.6) is 0 Å². The fraction of sp³-hybridized carbons (Fsp3) is 0.565. The summed E-state index contributed by atoms with van der Waals surface area (Å²) in [5.41, 5.74) is 2.44. The van der Waals surface area contributed by atoms with Crippen molar-refractivity contribution in [1.82, 2.24) is 24.5 Å². The van der Waals surface area contributed by atoms with E-state index in [2.05, 4.69) is 51.1 Å². The second-order valence-electron chi connectivity index (χ2n) is 8.58. The maximum absolute atomic E-state index is 12.5. The average molecular weight is 396 g/mol. The maximum Gasteiger partial charge on any atom is 0.222 e. The molecule has 0 radical (unpaired) electrons. The van der Waals surface area contributed by atoms with Gasteiger partial charge in [0.1, 0.15) is 0 Å². The largest absolute Gasteiger partial charge is 0.340 e. The van der Waals surface area contributed by atoms with Gasteiger partial charge in [-0.15, -0.1) is 0 Å². The van der Waals surface area contributed by atoms with E-state index >= 15 is 0 Å². The van der Waals surface area contributed by atoms with Gasteiger partial charge in [0.2, 0.25) is 5.91 Å². The number of piperidine rings is 1. The van der Waals surface area contributed by atoms with Gasteiger partial charge in [0, 0.05) is 58.1 Å². The van der Waals surface area contributed by atoms with E-state index in [0.717, 1.165) is 57.9 Å². The molecule has 0 saturated carbocycles. The van der Waals surface area contributed by atoms with Gasteiger partial charge in [-0.25, -0.2) is 4.68 Å². The lowest BCUT2D eigenvalue weighted by atomic mass is 9.92. The van der Waals surface area contributed by atoms with Crippen molar-refractivity contribution >= 4 is 5.91 Å². The second kappa shape index (κ2) is 9.55. The Bertz CT molecular complexity index is 765. The van der Waals surface area contributed by atoms with Crippen LogP contribution in [0.25, 0.3) is 5.69 Å². The second-order valence-corrected chi connectivity index (χ2v) is 8.58. The van der Waals surface area contributed by atoms with E-state index in [-0.39, 0.29) is 0 Å². The number of likely N-dealkylation sites (N-methyl/N-ethyl adjacent to an activating group) is 1. The molecule has 2 aromatic rings. The molecule has 4 rings (SSSR count). The van der Waals surface area contributed by atoms with Crippen LogP contribution in [0.1, 0.15) is 31.2 Å². The molecule has 3 heterocycles. The standard InChI is InChI=1S/C23H33N5O/c1-25-14-16-27(17-15-25)23(29)10-7-20-4-2-12-26(18-20)19-21-5-8-22(9-6-21)28-13-3-11-24-28/h3,5-6,8-9,11,13,20H,2,4,7,10,12,14-19H2,1H3/t20-/m0/s1. The van der Waals surface area contributed by atoms with Crippen molar-refractivity contribution in [3.05, 3.63) is 48.3 Å². The lowest BCUT2D eigenvalue weighted by Crippen LogP contribution is -2.47. The summed E-state index contributed by atoms with van der Waals surface area (Å²) in [6, 6.07) is 10.6. The van der Waals surface area contributed by atoms with Crippen molar-refractivity contribution in [2.24, 2.45) is 5.92 Å². The molecule has 156 valence electrons. The van der Waals surface area contributed by atoms with Crippen LogP contribution in [0, 0.1) is 5.92 Å². The van der Waals surface area contributed by atoms with Crippen LogP contribution in [0.4, 0.5) is 0 Å². The van der Waals surface area contributed by atoms with E-state index < -0.39 is 0 Å². The fourth-order valence-electron chi connectivity index (χ4n) is 4.51.